The highest BCUT2D eigenvalue weighted by Gasteiger charge is 2.20. The van der Waals surface area contributed by atoms with Crippen LogP contribution in [0.25, 0.3) is 43.8 Å². The third-order valence-electron chi connectivity index (χ3n) is 6.90. The molecule has 8 rings (SSSR count). The number of fused-ring (bicyclic) bond motifs is 7. The zero-order valence-electron chi connectivity index (χ0n) is 21.1. The first-order valence-electron chi connectivity index (χ1n) is 12.6. The van der Waals surface area contributed by atoms with E-state index in [9.17, 15) is 0 Å². The van der Waals surface area contributed by atoms with E-state index in [1.165, 1.54) is 38.5 Å². The largest absolute Gasteiger partial charge is 0.544 e. The van der Waals surface area contributed by atoms with Crippen LogP contribution in [0.4, 0.5) is 0 Å². The van der Waals surface area contributed by atoms with Crippen LogP contribution in [0.1, 0.15) is 11.1 Å². The summed E-state index contributed by atoms with van der Waals surface area (Å²) in [6.45, 7) is 0. The minimum atomic E-state index is 1.07. The number of hydrogen-bond acceptors (Lipinski definition) is 1. The summed E-state index contributed by atoms with van der Waals surface area (Å²) in [5, 5.41) is 15.3. The van der Waals surface area contributed by atoms with Gasteiger partial charge in [0, 0.05) is 21.9 Å². The molecule has 0 fully saturated rings. The van der Waals surface area contributed by atoms with Crippen LogP contribution < -0.4 is 9.19 Å². The predicted octanol–water partition coefficient (Wildman–Crippen LogP) is 2.70. The van der Waals surface area contributed by atoms with Crippen molar-refractivity contribution in [1.29, 1.82) is 0 Å². The molecule has 0 saturated heterocycles. The highest BCUT2D eigenvalue weighted by Crippen LogP contribution is 2.30. The van der Waals surface area contributed by atoms with Gasteiger partial charge in [-0.25, -0.2) is 9.19 Å². The van der Waals surface area contributed by atoms with Gasteiger partial charge in [0.2, 0.25) is 0 Å². The molecule has 1 aliphatic carbocycles. The number of rotatable bonds is 0. The molecule has 179 valence electrons. The van der Waals surface area contributed by atoms with E-state index in [1.807, 2.05) is 36.7 Å². The summed E-state index contributed by atoms with van der Waals surface area (Å²) < 4.78 is 5.14. The number of aryl methyl sites for hydroxylation is 2. The van der Waals surface area contributed by atoms with E-state index in [-0.39, 0.29) is 0 Å². The fraction of sp³-hybridized carbons (Fsp3) is 0.0690. The number of nitrogens with one attached hydrogen (secondary N) is 2. The van der Waals surface area contributed by atoms with Crippen molar-refractivity contribution in [3.63, 3.8) is 0 Å². The van der Waals surface area contributed by atoms with Gasteiger partial charge >= 0.3 is 16.0 Å². The summed E-state index contributed by atoms with van der Waals surface area (Å²) in [6, 6.07) is 29.1. The fourth-order valence-corrected chi connectivity index (χ4v) is 5.07. The van der Waals surface area contributed by atoms with E-state index >= 15 is 0 Å². The van der Waals surface area contributed by atoms with Crippen molar-refractivity contribution in [3.05, 3.63) is 115 Å². The topological polar surface area (TPSA) is 57.2 Å². The lowest BCUT2D eigenvalue weighted by Gasteiger charge is -2.12. The summed E-state index contributed by atoms with van der Waals surface area (Å²) in [6.07, 6.45) is 8.13. The number of aromatic nitrogens is 6. The Balaban J connectivity index is 0.000000106. The number of para-hydroxylation sites is 1. The van der Waals surface area contributed by atoms with Crippen LogP contribution in [0.15, 0.2) is 104 Å². The molecule has 1 aliphatic rings. The van der Waals surface area contributed by atoms with E-state index < -0.39 is 0 Å². The highest BCUT2D eigenvalue weighted by molar-refractivity contribution is 6.10. The Bertz CT molecular complexity index is 1880. The first kappa shape index (κ1) is 23.9. The monoisotopic (exact) mass is 491 g/mol. The van der Waals surface area contributed by atoms with Crippen molar-refractivity contribution >= 4 is 56.5 Å². The SMILES string of the molecule is [BH][n+]1cc2c([nH]1)-c1ccccc1CC2.[BH][n+]1cc2ccc3ccccc3c2[nH]1.[BH]n1ncc2ccccc21. The number of benzene rings is 4. The summed E-state index contributed by atoms with van der Waals surface area (Å²) in [7, 11) is 11.4. The molecule has 0 unspecified atom stereocenters. The molecule has 9 heteroatoms. The molecular weight excluding hydrogens is 465 g/mol. The third-order valence-corrected chi connectivity index (χ3v) is 6.90. The van der Waals surface area contributed by atoms with Gasteiger partial charge in [-0.1, -0.05) is 72.8 Å². The zero-order chi connectivity index (χ0) is 26.1. The molecule has 2 N–H and O–H groups in total. The second kappa shape index (κ2) is 10.1. The molecule has 0 bridgehead atoms. The minimum Gasteiger partial charge on any atom is -0.321 e. The molecule has 0 aliphatic heterocycles. The van der Waals surface area contributed by atoms with E-state index in [4.69, 9.17) is 0 Å². The first-order valence-corrected chi connectivity index (χ1v) is 12.6. The maximum atomic E-state index is 4.00. The van der Waals surface area contributed by atoms with Gasteiger partial charge in [0.05, 0.1) is 17.1 Å². The van der Waals surface area contributed by atoms with E-state index in [0.717, 1.165) is 29.3 Å². The highest BCUT2D eigenvalue weighted by atomic mass is 15.2. The molecule has 3 heterocycles. The smallest absolute Gasteiger partial charge is 0.321 e. The average Bonchev–Trinajstić information content (AvgIpc) is 3.65. The number of hydrogen-bond donors (Lipinski definition) is 2. The second-order valence-electron chi connectivity index (χ2n) is 9.43. The summed E-state index contributed by atoms with van der Waals surface area (Å²) >= 11 is 0. The molecule has 3 aromatic heterocycles. The summed E-state index contributed by atoms with van der Waals surface area (Å²) in [5.74, 6) is 0. The maximum Gasteiger partial charge on any atom is 0.544 e. The lowest BCUT2D eigenvalue weighted by atomic mass is 9.91. The maximum absolute atomic E-state index is 4.00. The van der Waals surface area contributed by atoms with E-state index in [1.54, 1.807) is 13.8 Å². The molecule has 0 amide bonds. The molecule has 38 heavy (non-hydrogen) atoms. The summed E-state index contributed by atoms with van der Waals surface area (Å²) in [5.41, 5.74) is 7.60. The van der Waals surface area contributed by atoms with Gasteiger partial charge in [0.15, 0.2) is 12.4 Å². The van der Waals surface area contributed by atoms with Crippen LogP contribution in [-0.4, -0.2) is 43.8 Å². The van der Waals surface area contributed by atoms with Crippen molar-refractivity contribution in [2.75, 3.05) is 0 Å². The number of nitrogens with zero attached hydrogens (tertiary/aromatic N) is 4. The van der Waals surface area contributed by atoms with Crippen LogP contribution >= 0.6 is 0 Å². The van der Waals surface area contributed by atoms with Gasteiger partial charge in [-0.15, -0.1) is 0 Å². The lowest BCUT2D eigenvalue weighted by Crippen LogP contribution is -2.31. The van der Waals surface area contributed by atoms with Crippen LogP contribution in [0.3, 0.4) is 0 Å². The molecule has 4 aromatic carbocycles. The van der Waals surface area contributed by atoms with Gasteiger partial charge in [-0.3, -0.25) is 0 Å². The van der Waals surface area contributed by atoms with Crippen molar-refractivity contribution in [2.24, 2.45) is 0 Å². The summed E-state index contributed by atoms with van der Waals surface area (Å²) in [4.78, 5) is 0. The Morgan fingerprint density at radius 2 is 1.37 bits per heavy atom. The Morgan fingerprint density at radius 1 is 0.684 bits per heavy atom. The van der Waals surface area contributed by atoms with Crippen LogP contribution in [0.5, 0.6) is 0 Å². The molecule has 7 aromatic rings. The van der Waals surface area contributed by atoms with Gasteiger partial charge < -0.3 is 4.59 Å². The van der Waals surface area contributed by atoms with Gasteiger partial charge in [-0.2, -0.15) is 15.3 Å². The molecule has 3 radical (unpaired) electrons. The lowest BCUT2D eigenvalue weighted by molar-refractivity contribution is -0.585. The number of H-pyrrole nitrogens is 2. The normalized spacial score (nSPS) is 11.8. The molecule has 0 spiro atoms. The minimum absolute atomic E-state index is 1.07. The Hall–Kier alpha value is -4.52. The third kappa shape index (κ3) is 4.63. The fourth-order valence-electron chi connectivity index (χ4n) is 5.07. The number of aromatic amines is 2. The quantitative estimate of drug-likeness (QED) is 0.316. The van der Waals surface area contributed by atoms with E-state index in [2.05, 4.69) is 106 Å². The zero-order valence-corrected chi connectivity index (χ0v) is 21.1. The van der Waals surface area contributed by atoms with Crippen molar-refractivity contribution < 1.29 is 9.19 Å². The first-order chi connectivity index (χ1) is 18.6. The standard InChI is InChI=1S/C11H11BN2.C11H9BN2.C7H6BN2/c2*12-14-7-9-6-5-8-3-1-2-4-10(8)11(9)13-14;8-10-7-4-2-1-3-6(7)5-9-10/h1-4,7,12-13H,5-6H2;1-7,12-13H;1-5,8H/q2*+1;. The molecule has 0 atom stereocenters. The Morgan fingerprint density at radius 3 is 2.24 bits per heavy atom. The Labute approximate surface area is 224 Å². The van der Waals surface area contributed by atoms with Gasteiger partial charge in [-0.05, 0) is 35.9 Å². The molecular formula is C29H26B3N6+2. The average molecular weight is 491 g/mol. The second-order valence-corrected chi connectivity index (χ2v) is 9.43. The van der Waals surface area contributed by atoms with Gasteiger partial charge in [0.1, 0.15) is 11.2 Å². The van der Waals surface area contributed by atoms with Crippen molar-refractivity contribution in [3.8, 4) is 11.3 Å². The van der Waals surface area contributed by atoms with Gasteiger partial charge in [0.25, 0.3) is 7.98 Å². The Kier molecular flexibility index (Phi) is 6.34. The predicted molar refractivity (Wildman–Crippen MR) is 157 cm³/mol. The van der Waals surface area contributed by atoms with Crippen LogP contribution in [0, 0.1) is 0 Å². The van der Waals surface area contributed by atoms with Crippen LogP contribution in [0.2, 0.25) is 0 Å². The molecule has 0 saturated carbocycles. The van der Waals surface area contributed by atoms with Crippen molar-refractivity contribution in [2.45, 2.75) is 12.8 Å². The van der Waals surface area contributed by atoms with Crippen LogP contribution in [-0.2, 0) is 12.8 Å². The molecule has 6 nitrogen and oxygen atoms in total. The van der Waals surface area contributed by atoms with E-state index in [0.29, 0.717) is 0 Å². The van der Waals surface area contributed by atoms with Crippen molar-refractivity contribution in [1.82, 2.24) is 19.9 Å².